The largest absolute Gasteiger partial charge is 0.388 e. The summed E-state index contributed by atoms with van der Waals surface area (Å²) in [6.45, 7) is 5.17. The molecule has 0 fully saturated rings. The Labute approximate surface area is 201 Å². The van der Waals surface area contributed by atoms with E-state index in [0.29, 0.717) is 21.3 Å². The summed E-state index contributed by atoms with van der Waals surface area (Å²) in [6, 6.07) is 11.1. The Hall–Kier alpha value is -2.94. The zero-order valence-corrected chi connectivity index (χ0v) is 19.8. The topological polar surface area (TPSA) is 90.4 Å². The quantitative estimate of drug-likeness (QED) is 0.403. The van der Waals surface area contributed by atoms with Crippen molar-refractivity contribution >= 4 is 46.7 Å². The van der Waals surface area contributed by atoms with E-state index in [9.17, 15) is 14.3 Å². The molecule has 10 heteroatoms. The van der Waals surface area contributed by atoms with E-state index in [1.807, 2.05) is 0 Å². The molecule has 2 amide bonds. The second-order valence-corrected chi connectivity index (χ2v) is 8.74. The molecule has 0 aliphatic rings. The van der Waals surface area contributed by atoms with E-state index in [1.165, 1.54) is 35.4 Å². The van der Waals surface area contributed by atoms with Gasteiger partial charge in [0.2, 0.25) is 5.95 Å². The first-order valence-electron chi connectivity index (χ1n) is 10.1. The van der Waals surface area contributed by atoms with E-state index in [1.54, 1.807) is 45.0 Å². The zero-order chi connectivity index (χ0) is 24.2. The zero-order valence-electron chi connectivity index (χ0n) is 18.3. The number of amides is 2. The van der Waals surface area contributed by atoms with Crippen LogP contribution < -0.4 is 15.5 Å². The smallest absolute Gasteiger partial charge is 0.327 e. The van der Waals surface area contributed by atoms with Crippen LogP contribution in [-0.4, -0.2) is 32.7 Å². The summed E-state index contributed by atoms with van der Waals surface area (Å²) >= 11 is 12.4. The van der Waals surface area contributed by atoms with Gasteiger partial charge >= 0.3 is 6.03 Å². The number of hydrogen-bond acceptors (Lipinski definition) is 5. The fourth-order valence-electron chi connectivity index (χ4n) is 2.80. The van der Waals surface area contributed by atoms with Crippen molar-refractivity contribution in [3.63, 3.8) is 0 Å². The average Bonchev–Trinajstić information content (AvgIpc) is 2.74. The van der Waals surface area contributed by atoms with Gasteiger partial charge < -0.3 is 15.7 Å². The minimum atomic E-state index is -1.03. The van der Waals surface area contributed by atoms with Crippen molar-refractivity contribution < 1.29 is 14.3 Å². The maximum Gasteiger partial charge on any atom is 0.327 e. The second-order valence-electron chi connectivity index (χ2n) is 7.93. The number of hydrogen-bond donors (Lipinski definition) is 3. The number of anilines is 3. The molecule has 1 unspecified atom stereocenters. The molecule has 0 spiro atoms. The Morgan fingerprint density at radius 2 is 1.79 bits per heavy atom. The van der Waals surface area contributed by atoms with Crippen LogP contribution in [0.4, 0.5) is 26.6 Å². The van der Waals surface area contributed by atoms with Crippen molar-refractivity contribution in [2.45, 2.75) is 39.0 Å². The molecule has 33 heavy (non-hydrogen) atoms. The second kappa shape index (κ2) is 10.3. The highest BCUT2D eigenvalue weighted by Gasteiger charge is 2.24. The SMILES string of the molecule is CC(Nc1nccc(N(C(=O)NCc2c(Cl)cccc2Cl)c2ccc(F)cc2)n1)C(C)(C)O. The molecule has 3 aromatic rings. The molecule has 7 nitrogen and oxygen atoms in total. The third-order valence-corrected chi connectivity index (χ3v) is 5.75. The first kappa shape index (κ1) is 24.7. The lowest BCUT2D eigenvalue weighted by molar-refractivity contribution is 0.0646. The van der Waals surface area contributed by atoms with Crippen molar-refractivity contribution in [1.29, 1.82) is 0 Å². The maximum atomic E-state index is 13.5. The number of benzene rings is 2. The highest BCUT2D eigenvalue weighted by atomic mass is 35.5. The van der Waals surface area contributed by atoms with Gasteiger partial charge in [0.25, 0.3) is 0 Å². The molecule has 0 aliphatic heterocycles. The molecule has 0 bridgehead atoms. The summed E-state index contributed by atoms with van der Waals surface area (Å²) in [6.07, 6.45) is 1.48. The Balaban J connectivity index is 1.91. The predicted octanol–water partition coefficient (Wildman–Crippen LogP) is 5.54. The van der Waals surface area contributed by atoms with Gasteiger partial charge in [0.15, 0.2) is 0 Å². The molecule has 1 atom stereocenters. The number of nitrogens with one attached hydrogen (secondary N) is 2. The summed E-state index contributed by atoms with van der Waals surface area (Å²) in [5, 5.41) is 16.8. The van der Waals surface area contributed by atoms with E-state index in [2.05, 4.69) is 20.6 Å². The number of carbonyl (C=O) groups is 1. The predicted molar refractivity (Wildman–Crippen MR) is 129 cm³/mol. The molecular weight excluding hydrogens is 468 g/mol. The highest BCUT2D eigenvalue weighted by molar-refractivity contribution is 6.36. The van der Waals surface area contributed by atoms with E-state index in [0.717, 1.165) is 0 Å². The first-order valence-corrected chi connectivity index (χ1v) is 10.9. The van der Waals surface area contributed by atoms with E-state index < -0.39 is 17.4 Å². The number of aliphatic hydroxyl groups is 1. The lowest BCUT2D eigenvalue weighted by atomic mass is 10.0. The standard InChI is InChI=1S/C23H24Cl2FN5O2/c1-14(23(2,3)33)29-21-27-12-11-20(30-21)31(16-9-7-15(26)8-10-16)22(32)28-13-17-18(24)5-4-6-19(17)25/h4-12,14,33H,13H2,1-3H3,(H,28,32)(H,27,29,30). The minimum Gasteiger partial charge on any atom is -0.388 e. The van der Waals surface area contributed by atoms with Crippen molar-refractivity contribution in [1.82, 2.24) is 15.3 Å². The van der Waals surface area contributed by atoms with Crippen LogP contribution in [0, 0.1) is 5.82 Å². The van der Waals surface area contributed by atoms with Crippen molar-refractivity contribution in [3.8, 4) is 0 Å². The fourth-order valence-corrected chi connectivity index (χ4v) is 3.33. The van der Waals surface area contributed by atoms with Gasteiger partial charge in [0, 0.05) is 34.4 Å². The fraction of sp³-hybridized carbons (Fsp3) is 0.261. The van der Waals surface area contributed by atoms with E-state index in [-0.39, 0.29) is 24.4 Å². The van der Waals surface area contributed by atoms with Gasteiger partial charge in [0.05, 0.1) is 17.3 Å². The monoisotopic (exact) mass is 491 g/mol. The summed E-state index contributed by atoms with van der Waals surface area (Å²) in [7, 11) is 0. The Bertz CT molecular complexity index is 1100. The van der Waals surface area contributed by atoms with Gasteiger partial charge in [-0.25, -0.2) is 19.1 Å². The maximum absolute atomic E-state index is 13.5. The molecule has 1 heterocycles. The molecule has 3 rings (SSSR count). The average molecular weight is 492 g/mol. The summed E-state index contributed by atoms with van der Waals surface area (Å²) < 4.78 is 13.5. The third-order valence-electron chi connectivity index (χ3n) is 5.04. The normalized spacial score (nSPS) is 12.2. The summed E-state index contributed by atoms with van der Waals surface area (Å²) in [4.78, 5) is 23.1. The van der Waals surface area contributed by atoms with Gasteiger partial charge in [-0.2, -0.15) is 4.98 Å². The number of aromatic nitrogens is 2. The summed E-state index contributed by atoms with van der Waals surface area (Å²) in [5.41, 5.74) is -0.0710. The number of carbonyl (C=O) groups excluding carboxylic acids is 1. The van der Waals surface area contributed by atoms with Crippen LogP contribution >= 0.6 is 23.2 Å². The number of nitrogens with zero attached hydrogens (tertiary/aromatic N) is 3. The van der Waals surface area contributed by atoms with Crippen LogP contribution in [0.25, 0.3) is 0 Å². The van der Waals surface area contributed by atoms with Crippen LogP contribution in [0.1, 0.15) is 26.3 Å². The Morgan fingerprint density at radius 1 is 1.15 bits per heavy atom. The van der Waals surface area contributed by atoms with Crippen LogP contribution in [-0.2, 0) is 6.54 Å². The van der Waals surface area contributed by atoms with Crippen LogP contribution in [0.2, 0.25) is 10.0 Å². The molecular formula is C23H24Cl2FN5O2. The lowest BCUT2D eigenvalue weighted by Gasteiger charge is -2.27. The van der Waals surface area contributed by atoms with Gasteiger partial charge in [-0.15, -0.1) is 0 Å². The molecule has 1 aromatic heterocycles. The molecule has 0 saturated heterocycles. The van der Waals surface area contributed by atoms with Crippen molar-refractivity contribution in [3.05, 3.63) is 76.2 Å². The van der Waals surface area contributed by atoms with E-state index >= 15 is 0 Å². The Kier molecular flexibility index (Phi) is 7.73. The van der Waals surface area contributed by atoms with Crippen LogP contribution in [0.3, 0.4) is 0 Å². The molecule has 2 aromatic carbocycles. The molecule has 0 radical (unpaired) electrons. The first-order chi connectivity index (χ1) is 15.6. The number of rotatable bonds is 7. The van der Waals surface area contributed by atoms with E-state index in [4.69, 9.17) is 23.2 Å². The van der Waals surface area contributed by atoms with Crippen molar-refractivity contribution in [2.24, 2.45) is 0 Å². The molecule has 0 aliphatic carbocycles. The van der Waals surface area contributed by atoms with Crippen molar-refractivity contribution in [2.75, 3.05) is 10.2 Å². The van der Waals surface area contributed by atoms with Gasteiger partial charge in [-0.05, 0) is 57.2 Å². The van der Waals surface area contributed by atoms with Crippen LogP contribution in [0.15, 0.2) is 54.7 Å². The minimum absolute atomic E-state index is 0.0704. The molecule has 3 N–H and O–H groups in total. The Morgan fingerprint density at radius 3 is 2.39 bits per heavy atom. The van der Waals surface area contributed by atoms with Gasteiger partial charge in [-0.3, -0.25) is 0 Å². The lowest BCUT2D eigenvalue weighted by Crippen LogP contribution is -2.40. The summed E-state index contributed by atoms with van der Waals surface area (Å²) in [5.74, 6) is 0.0204. The number of urea groups is 1. The third kappa shape index (κ3) is 6.31. The molecule has 0 saturated carbocycles. The highest BCUT2D eigenvalue weighted by Crippen LogP contribution is 2.27. The van der Waals surface area contributed by atoms with Gasteiger partial charge in [0.1, 0.15) is 11.6 Å². The van der Waals surface area contributed by atoms with Crippen LogP contribution in [0.5, 0.6) is 0 Å². The number of halogens is 3. The molecule has 174 valence electrons. The van der Waals surface area contributed by atoms with Gasteiger partial charge in [-0.1, -0.05) is 29.3 Å².